The van der Waals surface area contributed by atoms with Crippen molar-refractivity contribution >= 4 is 22.9 Å². The minimum Gasteiger partial charge on any atom is -0.480 e. The largest absolute Gasteiger partial charge is 0.480 e. The third-order valence-electron chi connectivity index (χ3n) is 3.22. The molecule has 0 aliphatic carbocycles. The van der Waals surface area contributed by atoms with Gasteiger partial charge in [-0.05, 0) is 6.92 Å². The summed E-state index contributed by atoms with van der Waals surface area (Å²) in [5, 5.41) is 16.9. The Morgan fingerprint density at radius 2 is 2.42 bits per heavy atom. The van der Waals surface area contributed by atoms with Crippen LogP contribution in [0.5, 0.6) is 0 Å². The molecule has 0 spiro atoms. The van der Waals surface area contributed by atoms with E-state index < -0.39 is 12.0 Å². The van der Waals surface area contributed by atoms with Crippen molar-refractivity contribution < 1.29 is 14.4 Å². The number of rotatable bonds is 2. The van der Waals surface area contributed by atoms with Crippen LogP contribution < -0.4 is 10.2 Å². The molecule has 1 saturated heterocycles. The molecule has 2 aromatic rings. The Hall–Kier alpha value is -2.22. The summed E-state index contributed by atoms with van der Waals surface area (Å²) in [5.74, 6) is -0.314. The molecule has 1 aliphatic heterocycles. The van der Waals surface area contributed by atoms with Crippen LogP contribution in [0.3, 0.4) is 0 Å². The molecule has 0 radical (unpaired) electrons. The van der Waals surface area contributed by atoms with E-state index in [0.717, 1.165) is 0 Å². The number of carboxylic acid groups (broad SMARTS) is 1. The quantitative estimate of drug-likeness (QED) is 0.767. The zero-order chi connectivity index (χ0) is 13.4. The van der Waals surface area contributed by atoms with Gasteiger partial charge in [-0.15, -0.1) is 0 Å². The van der Waals surface area contributed by atoms with Gasteiger partial charge in [0.05, 0.1) is 5.69 Å². The van der Waals surface area contributed by atoms with Gasteiger partial charge >= 0.3 is 5.97 Å². The Bertz CT molecular complexity index is 626. The van der Waals surface area contributed by atoms with E-state index in [1.165, 1.54) is 6.33 Å². The van der Waals surface area contributed by atoms with Crippen LogP contribution in [0.2, 0.25) is 0 Å². The molecule has 1 unspecified atom stereocenters. The lowest BCUT2D eigenvalue weighted by atomic mass is 10.1. The Morgan fingerprint density at radius 3 is 3.21 bits per heavy atom. The second-order valence-corrected chi connectivity index (χ2v) is 4.40. The van der Waals surface area contributed by atoms with Crippen molar-refractivity contribution in [3.63, 3.8) is 0 Å². The molecule has 1 fully saturated rings. The highest BCUT2D eigenvalue weighted by Gasteiger charge is 2.31. The predicted molar refractivity (Wildman–Crippen MR) is 66.0 cm³/mol. The number of hydrogen-bond donors (Lipinski definition) is 2. The topological polar surface area (TPSA) is 104 Å². The summed E-state index contributed by atoms with van der Waals surface area (Å²) in [5.41, 5.74) is 1.04. The lowest BCUT2D eigenvalue weighted by Crippen LogP contribution is -2.55. The molecule has 0 aromatic carbocycles. The maximum atomic E-state index is 11.3. The van der Waals surface area contributed by atoms with Crippen LogP contribution in [0.15, 0.2) is 10.9 Å². The molecule has 2 N–H and O–H groups in total. The fraction of sp³-hybridized carbons (Fsp3) is 0.455. The highest BCUT2D eigenvalue weighted by Crippen LogP contribution is 2.27. The van der Waals surface area contributed by atoms with Crippen molar-refractivity contribution in [1.29, 1.82) is 0 Å². The van der Waals surface area contributed by atoms with Gasteiger partial charge in [0.25, 0.3) is 5.71 Å². The molecule has 100 valence electrons. The van der Waals surface area contributed by atoms with Gasteiger partial charge in [-0.25, -0.2) is 9.78 Å². The SMILES string of the molecule is Cc1noc2ncnc(N3CCNCC3C(=O)O)c12. The zero-order valence-electron chi connectivity index (χ0n) is 10.3. The number of nitrogens with one attached hydrogen (secondary N) is 1. The Balaban J connectivity index is 2.11. The smallest absolute Gasteiger partial charge is 0.327 e. The first kappa shape index (κ1) is 11.8. The molecule has 1 atom stereocenters. The number of hydrogen-bond acceptors (Lipinski definition) is 7. The summed E-state index contributed by atoms with van der Waals surface area (Å²) in [6, 6.07) is -0.652. The lowest BCUT2D eigenvalue weighted by Gasteiger charge is -2.34. The fourth-order valence-electron chi connectivity index (χ4n) is 2.30. The Labute approximate surface area is 108 Å². The average Bonchev–Trinajstić information content (AvgIpc) is 2.81. The maximum Gasteiger partial charge on any atom is 0.327 e. The van der Waals surface area contributed by atoms with Crippen molar-refractivity contribution in [2.75, 3.05) is 24.5 Å². The van der Waals surface area contributed by atoms with Gasteiger partial charge in [0, 0.05) is 19.6 Å². The summed E-state index contributed by atoms with van der Waals surface area (Å²) in [7, 11) is 0. The highest BCUT2D eigenvalue weighted by molar-refractivity contribution is 5.90. The van der Waals surface area contributed by atoms with Crippen LogP contribution in [0.25, 0.3) is 11.1 Å². The van der Waals surface area contributed by atoms with Crippen LogP contribution >= 0.6 is 0 Å². The van der Waals surface area contributed by atoms with E-state index in [1.807, 2.05) is 0 Å². The molecule has 0 saturated carbocycles. The molecule has 1 aliphatic rings. The Morgan fingerprint density at radius 1 is 1.58 bits per heavy atom. The standard InChI is InChI=1S/C11H13N5O3/c1-6-8-9(13-5-14-10(8)19-15-6)16-3-2-12-4-7(16)11(17)18/h5,7,12H,2-4H2,1H3,(H,17,18). The summed E-state index contributed by atoms with van der Waals surface area (Å²) in [6.45, 7) is 3.44. The van der Waals surface area contributed by atoms with E-state index in [1.54, 1.807) is 11.8 Å². The number of aromatic nitrogens is 3. The number of fused-ring (bicyclic) bond motifs is 1. The first-order valence-corrected chi connectivity index (χ1v) is 5.95. The van der Waals surface area contributed by atoms with Gasteiger partial charge in [0.1, 0.15) is 23.6 Å². The number of aryl methyl sites for hydroxylation is 1. The lowest BCUT2D eigenvalue weighted by molar-refractivity contribution is -0.138. The van der Waals surface area contributed by atoms with Crippen LogP contribution in [0, 0.1) is 6.92 Å². The van der Waals surface area contributed by atoms with Crippen LogP contribution in [-0.4, -0.2) is 51.9 Å². The van der Waals surface area contributed by atoms with E-state index in [0.29, 0.717) is 42.2 Å². The third-order valence-corrected chi connectivity index (χ3v) is 3.22. The molecular formula is C11H13N5O3. The summed E-state index contributed by atoms with van der Waals surface area (Å²) >= 11 is 0. The second kappa shape index (κ2) is 4.47. The number of carboxylic acids is 1. The molecule has 2 aromatic heterocycles. The maximum absolute atomic E-state index is 11.3. The predicted octanol–water partition coefficient (Wildman–Crippen LogP) is -0.211. The third kappa shape index (κ3) is 1.89. The number of carbonyl (C=O) groups is 1. The van der Waals surface area contributed by atoms with Gasteiger partial charge in [0.15, 0.2) is 0 Å². The fourth-order valence-corrected chi connectivity index (χ4v) is 2.30. The van der Waals surface area contributed by atoms with Gasteiger partial charge in [0.2, 0.25) is 0 Å². The van der Waals surface area contributed by atoms with Crippen LogP contribution in [0.1, 0.15) is 5.69 Å². The number of anilines is 1. The first-order chi connectivity index (χ1) is 9.18. The van der Waals surface area contributed by atoms with Gasteiger partial charge in [-0.3, -0.25) is 0 Å². The normalized spacial score (nSPS) is 19.8. The van der Waals surface area contributed by atoms with Gasteiger partial charge in [-0.2, -0.15) is 4.98 Å². The molecule has 3 heterocycles. The second-order valence-electron chi connectivity index (χ2n) is 4.40. The van der Waals surface area contributed by atoms with Crippen molar-refractivity contribution in [2.24, 2.45) is 0 Å². The van der Waals surface area contributed by atoms with E-state index in [-0.39, 0.29) is 0 Å². The van der Waals surface area contributed by atoms with E-state index in [9.17, 15) is 9.90 Å². The highest BCUT2D eigenvalue weighted by atomic mass is 16.5. The molecule has 8 nitrogen and oxygen atoms in total. The van der Waals surface area contributed by atoms with Crippen molar-refractivity contribution in [3.8, 4) is 0 Å². The monoisotopic (exact) mass is 263 g/mol. The summed E-state index contributed by atoms with van der Waals surface area (Å²) < 4.78 is 5.09. The summed E-state index contributed by atoms with van der Waals surface area (Å²) in [6.07, 6.45) is 1.36. The molecule has 19 heavy (non-hydrogen) atoms. The molecule has 0 bridgehead atoms. The van der Waals surface area contributed by atoms with Crippen molar-refractivity contribution in [3.05, 3.63) is 12.0 Å². The van der Waals surface area contributed by atoms with Gasteiger partial charge in [-0.1, -0.05) is 5.16 Å². The van der Waals surface area contributed by atoms with E-state index >= 15 is 0 Å². The molecule has 8 heteroatoms. The zero-order valence-corrected chi connectivity index (χ0v) is 10.3. The molecular weight excluding hydrogens is 250 g/mol. The van der Waals surface area contributed by atoms with Gasteiger partial charge < -0.3 is 19.8 Å². The van der Waals surface area contributed by atoms with Crippen molar-refractivity contribution in [2.45, 2.75) is 13.0 Å². The van der Waals surface area contributed by atoms with Crippen molar-refractivity contribution in [1.82, 2.24) is 20.4 Å². The first-order valence-electron chi connectivity index (χ1n) is 5.95. The minimum atomic E-state index is -0.881. The summed E-state index contributed by atoms with van der Waals surface area (Å²) in [4.78, 5) is 21.3. The van der Waals surface area contributed by atoms with Crippen LogP contribution in [0.4, 0.5) is 5.82 Å². The number of piperazine rings is 1. The average molecular weight is 263 g/mol. The Kier molecular flexibility index (Phi) is 2.79. The minimum absolute atomic E-state index is 0.380. The van der Waals surface area contributed by atoms with Crippen LogP contribution in [-0.2, 0) is 4.79 Å². The van der Waals surface area contributed by atoms with E-state index in [2.05, 4.69) is 20.4 Å². The number of aliphatic carboxylic acids is 1. The number of nitrogens with zero attached hydrogens (tertiary/aromatic N) is 4. The molecule has 3 rings (SSSR count). The van der Waals surface area contributed by atoms with E-state index in [4.69, 9.17) is 4.52 Å². The molecule has 0 amide bonds.